The highest BCUT2D eigenvalue weighted by atomic mass is 14.9. The average molecular weight is 177 g/mol. The molecule has 0 spiro atoms. The van der Waals surface area contributed by atoms with Gasteiger partial charge in [-0.05, 0) is 38.4 Å². The standard InChI is InChI=1S/C10H15N3/c1-8-6-12-7-13-10(8)9-2-4-11-5-3-9/h6-7,9,11H,2-5H2,1H3. The van der Waals surface area contributed by atoms with Crippen molar-refractivity contribution in [1.29, 1.82) is 0 Å². The quantitative estimate of drug-likeness (QED) is 0.701. The average Bonchev–Trinajstić information content (AvgIpc) is 2.20. The fourth-order valence-corrected chi connectivity index (χ4v) is 1.93. The van der Waals surface area contributed by atoms with Gasteiger partial charge in [0.2, 0.25) is 0 Å². The Balaban J connectivity index is 2.18. The molecule has 1 aromatic rings. The summed E-state index contributed by atoms with van der Waals surface area (Å²) in [4.78, 5) is 8.38. The normalized spacial score (nSPS) is 18.8. The minimum atomic E-state index is 0.643. The van der Waals surface area contributed by atoms with Crippen LogP contribution in [0.25, 0.3) is 0 Å². The molecule has 1 aromatic heterocycles. The zero-order valence-corrected chi connectivity index (χ0v) is 7.95. The second-order valence-corrected chi connectivity index (χ2v) is 3.62. The van der Waals surface area contributed by atoms with Crippen LogP contribution in [0.1, 0.15) is 30.0 Å². The van der Waals surface area contributed by atoms with Crippen LogP contribution in [0.4, 0.5) is 0 Å². The molecule has 1 N–H and O–H groups in total. The lowest BCUT2D eigenvalue weighted by Gasteiger charge is -2.22. The maximum atomic E-state index is 4.36. The van der Waals surface area contributed by atoms with Crippen molar-refractivity contribution in [3.05, 3.63) is 23.8 Å². The highest BCUT2D eigenvalue weighted by molar-refractivity contribution is 5.18. The van der Waals surface area contributed by atoms with Crippen molar-refractivity contribution in [2.24, 2.45) is 0 Å². The highest BCUT2D eigenvalue weighted by Crippen LogP contribution is 2.24. The van der Waals surface area contributed by atoms with E-state index in [1.165, 1.54) is 24.1 Å². The Morgan fingerprint density at radius 3 is 2.85 bits per heavy atom. The van der Waals surface area contributed by atoms with Crippen molar-refractivity contribution in [3.8, 4) is 0 Å². The number of piperidine rings is 1. The lowest BCUT2D eigenvalue weighted by molar-refractivity contribution is 0.451. The van der Waals surface area contributed by atoms with Gasteiger partial charge >= 0.3 is 0 Å². The van der Waals surface area contributed by atoms with Gasteiger partial charge in [0, 0.05) is 17.8 Å². The van der Waals surface area contributed by atoms with Crippen molar-refractivity contribution in [2.75, 3.05) is 13.1 Å². The molecule has 0 amide bonds. The third-order valence-electron chi connectivity index (χ3n) is 2.66. The van der Waals surface area contributed by atoms with Crippen LogP contribution in [0, 0.1) is 6.92 Å². The SMILES string of the molecule is Cc1cncnc1C1CCNCC1. The fraction of sp³-hybridized carbons (Fsp3) is 0.600. The zero-order valence-electron chi connectivity index (χ0n) is 7.95. The van der Waals surface area contributed by atoms with Crippen LogP contribution >= 0.6 is 0 Å². The highest BCUT2D eigenvalue weighted by Gasteiger charge is 2.17. The summed E-state index contributed by atoms with van der Waals surface area (Å²) >= 11 is 0. The Hall–Kier alpha value is -0.960. The number of hydrogen-bond donors (Lipinski definition) is 1. The predicted octanol–water partition coefficient (Wildman–Crippen LogP) is 1.25. The summed E-state index contributed by atoms with van der Waals surface area (Å²) in [6.45, 7) is 4.33. The molecule has 0 aromatic carbocycles. The van der Waals surface area contributed by atoms with Gasteiger partial charge in [0.15, 0.2) is 0 Å². The predicted molar refractivity (Wildman–Crippen MR) is 51.6 cm³/mol. The summed E-state index contributed by atoms with van der Waals surface area (Å²) in [6.07, 6.45) is 5.98. The number of aromatic nitrogens is 2. The molecule has 1 aliphatic heterocycles. The summed E-state index contributed by atoms with van der Waals surface area (Å²) in [5, 5.41) is 3.36. The summed E-state index contributed by atoms with van der Waals surface area (Å²) in [6, 6.07) is 0. The minimum absolute atomic E-state index is 0.643. The third kappa shape index (κ3) is 1.86. The fourth-order valence-electron chi connectivity index (χ4n) is 1.93. The molecule has 0 aliphatic carbocycles. The molecule has 0 saturated carbocycles. The summed E-state index contributed by atoms with van der Waals surface area (Å²) in [5.74, 6) is 0.643. The molecule has 3 heteroatoms. The van der Waals surface area contributed by atoms with Gasteiger partial charge in [-0.1, -0.05) is 0 Å². The van der Waals surface area contributed by atoms with Crippen LogP contribution in [0.3, 0.4) is 0 Å². The lowest BCUT2D eigenvalue weighted by Crippen LogP contribution is -2.27. The molecule has 13 heavy (non-hydrogen) atoms. The Kier molecular flexibility index (Phi) is 2.54. The molecule has 3 nitrogen and oxygen atoms in total. The van der Waals surface area contributed by atoms with Gasteiger partial charge in [-0.3, -0.25) is 0 Å². The monoisotopic (exact) mass is 177 g/mol. The molecular weight excluding hydrogens is 162 g/mol. The van der Waals surface area contributed by atoms with E-state index in [1.807, 2.05) is 6.20 Å². The Morgan fingerprint density at radius 1 is 1.38 bits per heavy atom. The first-order chi connectivity index (χ1) is 6.38. The molecule has 70 valence electrons. The number of hydrogen-bond acceptors (Lipinski definition) is 3. The number of nitrogens with zero attached hydrogens (tertiary/aromatic N) is 2. The van der Waals surface area contributed by atoms with Crippen LogP contribution in [0.2, 0.25) is 0 Å². The van der Waals surface area contributed by atoms with E-state index in [9.17, 15) is 0 Å². The maximum absolute atomic E-state index is 4.36. The molecule has 1 fully saturated rings. The van der Waals surface area contributed by atoms with E-state index >= 15 is 0 Å². The number of nitrogens with one attached hydrogen (secondary N) is 1. The van der Waals surface area contributed by atoms with Crippen LogP contribution in [-0.2, 0) is 0 Å². The Bertz CT molecular complexity index is 279. The van der Waals surface area contributed by atoms with Crippen molar-refractivity contribution in [2.45, 2.75) is 25.7 Å². The van der Waals surface area contributed by atoms with Gasteiger partial charge in [-0.25, -0.2) is 9.97 Å². The first-order valence-corrected chi connectivity index (χ1v) is 4.85. The summed E-state index contributed by atoms with van der Waals surface area (Å²) < 4.78 is 0. The van der Waals surface area contributed by atoms with E-state index in [2.05, 4.69) is 22.2 Å². The van der Waals surface area contributed by atoms with E-state index in [1.54, 1.807) is 6.33 Å². The summed E-state index contributed by atoms with van der Waals surface area (Å²) in [7, 11) is 0. The first kappa shape index (κ1) is 8.63. The first-order valence-electron chi connectivity index (χ1n) is 4.85. The second-order valence-electron chi connectivity index (χ2n) is 3.62. The second kappa shape index (κ2) is 3.83. The van der Waals surface area contributed by atoms with Gasteiger partial charge in [0.05, 0.1) is 0 Å². The molecule has 0 bridgehead atoms. The molecule has 0 radical (unpaired) electrons. The molecule has 2 heterocycles. The topological polar surface area (TPSA) is 37.8 Å². The van der Waals surface area contributed by atoms with Gasteiger partial charge in [0.1, 0.15) is 6.33 Å². The van der Waals surface area contributed by atoms with Crippen LogP contribution in [0.15, 0.2) is 12.5 Å². The van der Waals surface area contributed by atoms with Gasteiger partial charge in [-0.15, -0.1) is 0 Å². The third-order valence-corrected chi connectivity index (χ3v) is 2.66. The van der Waals surface area contributed by atoms with E-state index in [0.29, 0.717) is 5.92 Å². The minimum Gasteiger partial charge on any atom is -0.317 e. The van der Waals surface area contributed by atoms with Crippen LogP contribution in [-0.4, -0.2) is 23.1 Å². The lowest BCUT2D eigenvalue weighted by atomic mass is 9.92. The zero-order chi connectivity index (χ0) is 9.10. The molecule has 1 saturated heterocycles. The molecular formula is C10H15N3. The number of rotatable bonds is 1. The van der Waals surface area contributed by atoms with Crippen LogP contribution < -0.4 is 5.32 Å². The molecule has 1 aliphatic rings. The summed E-state index contributed by atoms with van der Waals surface area (Å²) in [5.41, 5.74) is 2.48. The van der Waals surface area contributed by atoms with E-state index < -0.39 is 0 Å². The van der Waals surface area contributed by atoms with Gasteiger partial charge in [0.25, 0.3) is 0 Å². The smallest absolute Gasteiger partial charge is 0.115 e. The van der Waals surface area contributed by atoms with Crippen molar-refractivity contribution >= 4 is 0 Å². The maximum Gasteiger partial charge on any atom is 0.115 e. The van der Waals surface area contributed by atoms with E-state index in [-0.39, 0.29) is 0 Å². The van der Waals surface area contributed by atoms with Crippen molar-refractivity contribution in [3.63, 3.8) is 0 Å². The van der Waals surface area contributed by atoms with E-state index in [4.69, 9.17) is 0 Å². The Morgan fingerprint density at radius 2 is 2.15 bits per heavy atom. The molecule has 2 rings (SSSR count). The van der Waals surface area contributed by atoms with Gasteiger partial charge in [-0.2, -0.15) is 0 Å². The van der Waals surface area contributed by atoms with Crippen LogP contribution in [0.5, 0.6) is 0 Å². The van der Waals surface area contributed by atoms with Crippen molar-refractivity contribution in [1.82, 2.24) is 15.3 Å². The van der Waals surface area contributed by atoms with Crippen molar-refractivity contribution < 1.29 is 0 Å². The van der Waals surface area contributed by atoms with Gasteiger partial charge < -0.3 is 5.32 Å². The largest absolute Gasteiger partial charge is 0.317 e. The number of aryl methyl sites for hydroxylation is 1. The Labute approximate surface area is 78.6 Å². The molecule has 0 unspecified atom stereocenters. The molecule has 0 atom stereocenters. The van der Waals surface area contributed by atoms with E-state index in [0.717, 1.165) is 13.1 Å².